The predicted molar refractivity (Wildman–Crippen MR) is 128 cm³/mol. The van der Waals surface area contributed by atoms with E-state index in [1.54, 1.807) is 37.6 Å². The molecule has 10 heteroatoms. The van der Waals surface area contributed by atoms with Gasteiger partial charge >= 0.3 is 6.09 Å². The maximum atomic E-state index is 14.7. The second kappa shape index (κ2) is 9.56. The topological polar surface area (TPSA) is 87.8 Å². The van der Waals surface area contributed by atoms with Crippen molar-refractivity contribution in [3.8, 4) is 0 Å². The van der Waals surface area contributed by atoms with Crippen LogP contribution in [0.5, 0.6) is 0 Å². The number of imidazole rings is 1. The molecule has 34 heavy (non-hydrogen) atoms. The minimum Gasteiger partial charge on any atom is -0.465 e. The summed E-state index contributed by atoms with van der Waals surface area (Å²) in [6.07, 6.45) is 2.73. The fraction of sp³-hybridized carbons (Fsp3) is 0.542. The molecule has 3 rings (SSSR count). The molecule has 7 nitrogen and oxygen atoms in total. The van der Waals surface area contributed by atoms with Crippen molar-refractivity contribution in [3.63, 3.8) is 0 Å². The van der Waals surface area contributed by atoms with Gasteiger partial charge in [-0.15, -0.1) is 0 Å². The van der Waals surface area contributed by atoms with E-state index in [-0.39, 0.29) is 12.1 Å². The molecule has 0 bridgehead atoms. The predicted octanol–water partition coefficient (Wildman–Crippen LogP) is 5.44. The second-order valence-corrected chi connectivity index (χ2v) is 12.4. The first-order chi connectivity index (χ1) is 15.7. The number of fused-ring (bicyclic) bond motifs is 1. The standard InChI is InChI=1S/C24H32F2N4O3S/c1-23(2,3)30(22(31)32)19-11-10-15(17-8-7-9-18(25)20(17)26)14-29-16(12-27-21(19)29)13-28-34(33)24(4,5)6/h7-9,12-13,15,19H,10-11,14H2,1-6H3,(H,31,32)/t15-,19-,34?/m1/s1. The number of nitrogens with zero attached hydrogens (tertiary/aromatic N) is 4. The molecule has 0 fully saturated rings. The van der Waals surface area contributed by atoms with Crippen LogP contribution in [0.25, 0.3) is 0 Å². The van der Waals surface area contributed by atoms with E-state index in [1.807, 2.05) is 20.8 Å². The van der Waals surface area contributed by atoms with Crippen molar-refractivity contribution >= 4 is 23.3 Å². The SMILES string of the molecule is CC(C)(C)N(C(=O)O)[C@@H]1CC[C@@H](c2cccc(F)c2F)Cn2c(C=NS(=O)C(C)(C)C)cnc21. The van der Waals surface area contributed by atoms with E-state index in [0.717, 1.165) is 6.07 Å². The third-order valence-corrected chi connectivity index (χ3v) is 7.22. The average Bonchev–Trinajstić information content (AvgIpc) is 3.01. The van der Waals surface area contributed by atoms with Crippen LogP contribution in [0, 0.1) is 11.6 Å². The van der Waals surface area contributed by atoms with Crippen molar-refractivity contribution in [2.24, 2.45) is 4.40 Å². The maximum absolute atomic E-state index is 14.7. The molecule has 0 saturated heterocycles. The first-order valence-electron chi connectivity index (χ1n) is 11.2. The fourth-order valence-corrected chi connectivity index (χ4v) is 4.77. The van der Waals surface area contributed by atoms with E-state index in [0.29, 0.717) is 24.4 Å². The number of aromatic nitrogens is 2. The molecule has 2 heterocycles. The summed E-state index contributed by atoms with van der Waals surface area (Å²) in [7, 11) is -1.50. The lowest BCUT2D eigenvalue weighted by molar-refractivity contribution is 0.0634. The zero-order chi connectivity index (χ0) is 25.4. The molecule has 2 aromatic rings. The van der Waals surface area contributed by atoms with Crippen molar-refractivity contribution in [1.29, 1.82) is 0 Å². The van der Waals surface area contributed by atoms with Crippen molar-refractivity contribution in [2.75, 3.05) is 0 Å². The molecule has 3 atom stereocenters. The second-order valence-electron chi connectivity index (χ2n) is 10.5. The summed E-state index contributed by atoms with van der Waals surface area (Å²) in [4.78, 5) is 18.1. The van der Waals surface area contributed by atoms with Crippen LogP contribution >= 0.6 is 0 Å². The number of benzene rings is 1. The highest BCUT2D eigenvalue weighted by molar-refractivity contribution is 7.85. The van der Waals surface area contributed by atoms with Crippen LogP contribution in [-0.2, 0) is 17.5 Å². The molecule has 0 saturated carbocycles. The lowest BCUT2D eigenvalue weighted by Crippen LogP contribution is -2.47. The lowest BCUT2D eigenvalue weighted by atomic mass is 9.91. The van der Waals surface area contributed by atoms with Gasteiger partial charge in [0.05, 0.1) is 28.9 Å². The molecule has 1 aromatic heterocycles. The minimum absolute atomic E-state index is 0.235. The van der Waals surface area contributed by atoms with Gasteiger partial charge in [0, 0.05) is 18.0 Å². The van der Waals surface area contributed by atoms with Gasteiger partial charge in [-0.2, -0.15) is 4.40 Å². The average molecular weight is 495 g/mol. The van der Waals surface area contributed by atoms with Crippen LogP contribution in [0.2, 0.25) is 0 Å². The highest BCUT2D eigenvalue weighted by Gasteiger charge is 2.39. The van der Waals surface area contributed by atoms with Crippen molar-refractivity contribution in [3.05, 3.63) is 53.1 Å². The van der Waals surface area contributed by atoms with E-state index >= 15 is 0 Å². The molecule has 1 aliphatic heterocycles. The van der Waals surface area contributed by atoms with Gasteiger partial charge in [0.15, 0.2) is 11.6 Å². The highest BCUT2D eigenvalue weighted by atomic mass is 32.2. The van der Waals surface area contributed by atoms with Crippen LogP contribution in [0.4, 0.5) is 13.6 Å². The Labute approximate surface area is 201 Å². The van der Waals surface area contributed by atoms with Crippen LogP contribution in [0.3, 0.4) is 0 Å². The molecule has 1 aliphatic rings. The summed E-state index contributed by atoms with van der Waals surface area (Å²) in [5.74, 6) is -1.74. The van der Waals surface area contributed by atoms with E-state index in [2.05, 4.69) is 9.38 Å². The number of hydrogen-bond donors (Lipinski definition) is 1. The van der Waals surface area contributed by atoms with E-state index in [1.165, 1.54) is 17.2 Å². The summed E-state index contributed by atoms with van der Waals surface area (Å²) < 4.78 is 46.6. The summed E-state index contributed by atoms with van der Waals surface area (Å²) in [5.41, 5.74) is 0.0406. The summed E-state index contributed by atoms with van der Waals surface area (Å²) in [6, 6.07) is 3.50. The maximum Gasteiger partial charge on any atom is 0.408 e. The Morgan fingerprint density at radius 1 is 1.24 bits per heavy atom. The molecular weight excluding hydrogens is 462 g/mol. The van der Waals surface area contributed by atoms with Crippen LogP contribution in [0.15, 0.2) is 28.8 Å². The Hall–Kier alpha value is -2.62. The van der Waals surface area contributed by atoms with Gasteiger partial charge in [0.2, 0.25) is 0 Å². The molecule has 1 unspecified atom stereocenters. The van der Waals surface area contributed by atoms with Gasteiger partial charge in [0.1, 0.15) is 16.8 Å². The molecule has 0 radical (unpaired) electrons. The smallest absolute Gasteiger partial charge is 0.408 e. The Kier molecular flexibility index (Phi) is 7.31. The molecular formula is C24H32F2N4O3S. The molecule has 0 aliphatic carbocycles. The largest absolute Gasteiger partial charge is 0.465 e. The third-order valence-electron chi connectivity index (χ3n) is 5.87. The van der Waals surface area contributed by atoms with Gasteiger partial charge in [-0.25, -0.2) is 22.8 Å². The monoisotopic (exact) mass is 494 g/mol. The van der Waals surface area contributed by atoms with E-state index in [9.17, 15) is 22.9 Å². The Morgan fingerprint density at radius 2 is 1.91 bits per heavy atom. The number of amides is 1. The first kappa shape index (κ1) is 26.0. The zero-order valence-corrected chi connectivity index (χ0v) is 21.2. The number of carboxylic acid groups (broad SMARTS) is 1. The van der Waals surface area contributed by atoms with Crippen molar-refractivity contribution < 1.29 is 22.9 Å². The summed E-state index contributed by atoms with van der Waals surface area (Å²) in [6.45, 7) is 11.1. The first-order valence-corrected chi connectivity index (χ1v) is 12.3. The number of carbonyl (C=O) groups is 1. The van der Waals surface area contributed by atoms with Crippen molar-refractivity contribution in [2.45, 2.75) is 83.2 Å². The minimum atomic E-state index is -1.50. The third kappa shape index (κ3) is 5.37. The molecule has 1 N–H and O–H groups in total. The Bertz CT molecular complexity index is 1120. The van der Waals surface area contributed by atoms with Gasteiger partial charge in [-0.05, 0) is 66.0 Å². The Balaban J connectivity index is 2.12. The number of halogens is 2. The molecule has 1 amide bonds. The zero-order valence-electron chi connectivity index (χ0n) is 20.4. The fourth-order valence-electron chi connectivity index (χ4n) is 4.25. The molecule has 186 valence electrons. The van der Waals surface area contributed by atoms with E-state index in [4.69, 9.17) is 0 Å². The quantitative estimate of drug-likeness (QED) is 0.574. The van der Waals surface area contributed by atoms with Crippen LogP contribution < -0.4 is 0 Å². The van der Waals surface area contributed by atoms with Gasteiger partial charge < -0.3 is 9.67 Å². The van der Waals surface area contributed by atoms with Crippen LogP contribution in [-0.4, -0.2) is 46.4 Å². The van der Waals surface area contributed by atoms with Crippen molar-refractivity contribution in [1.82, 2.24) is 14.5 Å². The Morgan fingerprint density at radius 3 is 2.50 bits per heavy atom. The van der Waals surface area contributed by atoms with Crippen LogP contribution in [0.1, 0.15) is 83.4 Å². The van der Waals surface area contributed by atoms with Gasteiger partial charge in [0.25, 0.3) is 0 Å². The number of rotatable bonds is 4. The lowest BCUT2D eigenvalue weighted by Gasteiger charge is -2.39. The highest BCUT2D eigenvalue weighted by Crippen LogP contribution is 2.39. The van der Waals surface area contributed by atoms with E-state index < -0.39 is 51.0 Å². The molecule has 0 spiro atoms. The summed E-state index contributed by atoms with van der Waals surface area (Å²) in [5, 5.41) is 10.0. The molecule has 1 aromatic carbocycles. The number of hydrogen-bond acceptors (Lipinski definition) is 3. The normalized spacial score (nSPS) is 20.1. The summed E-state index contributed by atoms with van der Waals surface area (Å²) >= 11 is 0. The van der Waals surface area contributed by atoms with Gasteiger partial charge in [-0.3, -0.25) is 4.90 Å². The van der Waals surface area contributed by atoms with Gasteiger partial charge in [-0.1, -0.05) is 12.1 Å².